The van der Waals surface area contributed by atoms with Crippen LogP contribution in [0.4, 0.5) is 5.95 Å². The van der Waals surface area contributed by atoms with Gasteiger partial charge < -0.3 is 5.73 Å². The first-order chi connectivity index (χ1) is 5.68. The number of nitrogen functional groups attached to an aromatic ring is 1. The summed E-state index contributed by atoms with van der Waals surface area (Å²) in [6.07, 6.45) is 0. The van der Waals surface area contributed by atoms with Gasteiger partial charge in [-0.15, -0.1) is 5.10 Å². The van der Waals surface area contributed by atoms with Gasteiger partial charge in [-0.05, 0) is 16.7 Å². The lowest BCUT2D eigenvalue weighted by Crippen LogP contribution is -1.87. The molecule has 0 aliphatic carbocycles. The predicted octanol–water partition coefficient (Wildman–Crippen LogP) is 1.78. The van der Waals surface area contributed by atoms with E-state index in [0.717, 1.165) is 5.75 Å². The summed E-state index contributed by atoms with van der Waals surface area (Å²) in [6.45, 7) is 4.36. The molecule has 0 bridgehead atoms. The van der Waals surface area contributed by atoms with Crippen LogP contribution in [0.5, 0.6) is 0 Å². The van der Waals surface area contributed by atoms with Gasteiger partial charge in [0, 0.05) is 5.75 Å². The lowest BCUT2D eigenvalue weighted by atomic mass is 10.3. The molecular weight excluding hydrogens is 192 g/mol. The maximum absolute atomic E-state index is 5.36. The summed E-state index contributed by atoms with van der Waals surface area (Å²) in [6, 6.07) is 0. The van der Waals surface area contributed by atoms with Crippen LogP contribution in [0.1, 0.15) is 13.8 Å². The third-order valence-electron chi connectivity index (χ3n) is 1.02. The second kappa shape index (κ2) is 4.61. The normalized spacial score (nSPS) is 10.9. The number of H-pyrrole nitrogens is 1. The van der Waals surface area contributed by atoms with E-state index >= 15 is 0 Å². The number of rotatable bonds is 4. The van der Waals surface area contributed by atoms with Crippen molar-refractivity contribution >= 4 is 27.5 Å². The molecule has 1 aromatic rings. The molecule has 0 amide bonds. The fourth-order valence-electron chi connectivity index (χ4n) is 0.518. The van der Waals surface area contributed by atoms with Crippen molar-refractivity contribution in [2.24, 2.45) is 5.92 Å². The number of aromatic nitrogens is 3. The van der Waals surface area contributed by atoms with Gasteiger partial charge in [-0.25, -0.2) is 5.10 Å². The molecule has 0 spiro atoms. The van der Waals surface area contributed by atoms with E-state index in [1.807, 2.05) is 0 Å². The van der Waals surface area contributed by atoms with Gasteiger partial charge in [0.1, 0.15) is 0 Å². The Morgan fingerprint density at radius 1 is 1.58 bits per heavy atom. The minimum atomic E-state index is 0.377. The van der Waals surface area contributed by atoms with Crippen LogP contribution in [0.2, 0.25) is 0 Å². The highest BCUT2D eigenvalue weighted by molar-refractivity contribution is 8.76. The minimum Gasteiger partial charge on any atom is -0.368 e. The van der Waals surface area contributed by atoms with Crippen molar-refractivity contribution in [1.82, 2.24) is 15.2 Å². The average Bonchev–Trinajstić information content (AvgIpc) is 2.35. The van der Waals surface area contributed by atoms with Crippen LogP contribution in [-0.4, -0.2) is 20.9 Å². The quantitative estimate of drug-likeness (QED) is 0.732. The summed E-state index contributed by atoms with van der Waals surface area (Å²) >= 11 is 0. The zero-order valence-electron chi connectivity index (χ0n) is 7.07. The highest BCUT2D eigenvalue weighted by atomic mass is 33.1. The number of anilines is 1. The molecule has 68 valence electrons. The molecule has 0 fully saturated rings. The molecule has 4 nitrogen and oxygen atoms in total. The molecule has 0 aromatic carbocycles. The van der Waals surface area contributed by atoms with E-state index in [9.17, 15) is 0 Å². The molecule has 3 N–H and O–H groups in total. The van der Waals surface area contributed by atoms with E-state index in [1.54, 1.807) is 21.6 Å². The molecule has 0 radical (unpaired) electrons. The fourth-order valence-corrected chi connectivity index (χ4v) is 2.74. The molecular formula is C6H12N4S2. The Morgan fingerprint density at radius 3 is 2.83 bits per heavy atom. The maximum atomic E-state index is 5.36. The highest BCUT2D eigenvalue weighted by Crippen LogP contribution is 2.29. The number of hydrogen-bond acceptors (Lipinski definition) is 5. The fraction of sp³-hybridized carbons (Fsp3) is 0.667. The lowest BCUT2D eigenvalue weighted by molar-refractivity contribution is 0.752. The first kappa shape index (κ1) is 9.73. The number of aromatic amines is 1. The van der Waals surface area contributed by atoms with Crippen LogP contribution < -0.4 is 5.73 Å². The molecule has 0 saturated carbocycles. The van der Waals surface area contributed by atoms with Gasteiger partial charge in [0.25, 0.3) is 0 Å². The summed E-state index contributed by atoms with van der Waals surface area (Å²) < 4.78 is 0. The van der Waals surface area contributed by atoms with E-state index in [4.69, 9.17) is 5.73 Å². The minimum absolute atomic E-state index is 0.377. The van der Waals surface area contributed by atoms with Gasteiger partial charge in [0.15, 0.2) is 0 Å². The monoisotopic (exact) mass is 204 g/mol. The topological polar surface area (TPSA) is 67.6 Å². The molecule has 0 saturated heterocycles. The third-order valence-corrected chi connectivity index (χ3v) is 3.48. The zero-order valence-corrected chi connectivity index (χ0v) is 8.71. The molecule has 1 heterocycles. The summed E-state index contributed by atoms with van der Waals surface area (Å²) in [4.78, 5) is 3.96. The maximum Gasteiger partial charge on any atom is 0.220 e. The molecule has 12 heavy (non-hydrogen) atoms. The molecule has 0 atom stereocenters. The molecule has 0 unspecified atom stereocenters. The van der Waals surface area contributed by atoms with Gasteiger partial charge in [0.05, 0.1) is 0 Å². The number of nitrogens with zero attached hydrogens (tertiary/aromatic N) is 2. The molecule has 1 rings (SSSR count). The first-order valence-electron chi connectivity index (χ1n) is 3.66. The number of nitrogens with two attached hydrogens (primary N) is 1. The van der Waals surface area contributed by atoms with Crippen molar-refractivity contribution in [1.29, 1.82) is 0 Å². The Balaban J connectivity index is 2.24. The van der Waals surface area contributed by atoms with Crippen LogP contribution in [0, 0.1) is 5.92 Å². The Kier molecular flexibility index (Phi) is 3.74. The van der Waals surface area contributed by atoms with Crippen molar-refractivity contribution in [3.8, 4) is 0 Å². The van der Waals surface area contributed by atoms with Crippen LogP contribution in [-0.2, 0) is 0 Å². The Hall–Kier alpha value is -0.360. The predicted molar refractivity (Wildman–Crippen MR) is 53.9 cm³/mol. The zero-order chi connectivity index (χ0) is 8.97. The van der Waals surface area contributed by atoms with Crippen molar-refractivity contribution < 1.29 is 0 Å². The lowest BCUT2D eigenvalue weighted by Gasteiger charge is -1.99. The van der Waals surface area contributed by atoms with E-state index in [1.165, 1.54) is 0 Å². The van der Waals surface area contributed by atoms with Crippen molar-refractivity contribution in [2.45, 2.75) is 19.0 Å². The number of nitrogens with one attached hydrogen (secondary N) is 1. The van der Waals surface area contributed by atoms with Crippen molar-refractivity contribution in [3.63, 3.8) is 0 Å². The Labute approximate surface area is 79.5 Å². The Bertz CT molecular complexity index is 235. The van der Waals surface area contributed by atoms with Gasteiger partial charge in [-0.2, -0.15) is 4.98 Å². The summed E-state index contributed by atoms with van der Waals surface area (Å²) in [5.74, 6) is 2.17. The van der Waals surface area contributed by atoms with Crippen molar-refractivity contribution in [2.75, 3.05) is 11.5 Å². The second-order valence-electron chi connectivity index (χ2n) is 2.76. The van der Waals surface area contributed by atoms with E-state index < -0.39 is 0 Å². The van der Waals surface area contributed by atoms with Crippen LogP contribution in [0.15, 0.2) is 5.16 Å². The van der Waals surface area contributed by atoms with E-state index in [0.29, 0.717) is 17.0 Å². The largest absolute Gasteiger partial charge is 0.368 e. The second-order valence-corrected chi connectivity index (χ2v) is 5.07. The molecule has 1 aromatic heterocycles. The van der Waals surface area contributed by atoms with Crippen molar-refractivity contribution in [3.05, 3.63) is 0 Å². The van der Waals surface area contributed by atoms with Crippen LogP contribution in [0.3, 0.4) is 0 Å². The molecule has 6 heteroatoms. The molecule has 0 aliphatic rings. The highest BCUT2D eigenvalue weighted by Gasteiger charge is 2.01. The van der Waals surface area contributed by atoms with E-state index in [2.05, 4.69) is 29.0 Å². The van der Waals surface area contributed by atoms with Gasteiger partial charge in [-0.3, -0.25) is 0 Å². The van der Waals surface area contributed by atoms with Gasteiger partial charge >= 0.3 is 0 Å². The van der Waals surface area contributed by atoms with E-state index in [-0.39, 0.29) is 0 Å². The Morgan fingerprint density at radius 2 is 2.33 bits per heavy atom. The third kappa shape index (κ3) is 3.36. The van der Waals surface area contributed by atoms with Gasteiger partial charge in [0.2, 0.25) is 11.1 Å². The standard InChI is InChI=1S/C6H12N4S2/c1-4(2)3-11-12-6-8-5(7)9-10-6/h4H,3H2,1-2H3,(H3,7,8,9,10). The smallest absolute Gasteiger partial charge is 0.220 e. The molecule has 0 aliphatic heterocycles. The summed E-state index contributed by atoms with van der Waals surface area (Å²) in [5, 5.41) is 7.19. The van der Waals surface area contributed by atoms with Crippen LogP contribution >= 0.6 is 21.6 Å². The summed E-state index contributed by atoms with van der Waals surface area (Å²) in [5.41, 5.74) is 5.36. The average molecular weight is 204 g/mol. The van der Waals surface area contributed by atoms with Gasteiger partial charge in [-0.1, -0.05) is 24.6 Å². The first-order valence-corrected chi connectivity index (χ1v) is 5.97. The summed E-state index contributed by atoms with van der Waals surface area (Å²) in [7, 11) is 3.30. The SMILES string of the molecule is CC(C)CSSc1n[nH]c(N)n1. The number of hydrogen-bond donors (Lipinski definition) is 2. The van der Waals surface area contributed by atoms with Crippen LogP contribution in [0.25, 0.3) is 0 Å².